The van der Waals surface area contributed by atoms with Gasteiger partial charge in [0.15, 0.2) is 0 Å². The molecular weight excluding hydrogens is 246 g/mol. The molecule has 0 aliphatic carbocycles. The van der Waals surface area contributed by atoms with Gasteiger partial charge in [0.25, 0.3) is 0 Å². The zero-order valence-electron chi connectivity index (χ0n) is 11.7. The van der Waals surface area contributed by atoms with Crippen LogP contribution in [0.1, 0.15) is 22.3 Å². The van der Waals surface area contributed by atoms with E-state index in [4.69, 9.17) is 0 Å². The van der Waals surface area contributed by atoms with Crippen molar-refractivity contribution in [3.05, 3.63) is 77.1 Å². The lowest BCUT2D eigenvalue weighted by Crippen LogP contribution is -2.04. The number of aromatic nitrogens is 3. The third kappa shape index (κ3) is 2.48. The Bertz CT molecular complexity index is 715. The van der Waals surface area contributed by atoms with Gasteiger partial charge < -0.3 is 0 Å². The molecule has 0 amide bonds. The topological polar surface area (TPSA) is 30.7 Å². The molecule has 0 atom stereocenters. The van der Waals surface area contributed by atoms with Crippen molar-refractivity contribution in [2.24, 2.45) is 0 Å². The first-order valence-electron chi connectivity index (χ1n) is 6.75. The molecule has 0 unspecified atom stereocenters. The minimum absolute atomic E-state index is 0.894. The maximum absolute atomic E-state index is 4.25. The summed E-state index contributed by atoms with van der Waals surface area (Å²) in [5.74, 6) is 0. The van der Waals surface area contributed by atoms with Crippen molar-refractivity contribution in [2.75, 3.05) is 0 Å². The van der Waals surface area contributed by atoms with Gasteiger partial charge in [0.2, 0.25) is 0 Å². The Morgan fingerprint density at radius 3 is 2.40 bits per heavy atom. The lowest BCUT2D eigenvalue weighted by molar-refractivity contribution is 0.743. The van der Waals surface area contributed by atoms with Crippen molar-refractivity contribution in [2.45, 2.75) is 20.3 Å². The van der Waals surface area contributed by atoms with E-state index in [0.29, 0.717) is 0 Å². The average Bonchev–Trinajstić information content (AvgIpc) is 2.95. The normalized spacial score (nSPS) is 10.7. The van der Waals surface area contributed by atoms with Crippen LogP contribution < -0.4 is 0 Å². The molecule has 0 saturated carbocycles. The molecule has 1 heterocycles. The van der Waals surface area contributed by atoms with Crippen LogP contribution in [-0.4, -0.2) is 15.0 Å². The van der Waals surface area contributed by atoms with E-state index in [1.54, 1.807) is 17.2 Å². The van der Waals surface area contributed by atoms with Crippen LogP contribution in [0.4, 0.5) is 0 Å². The highest BCUT2D eigenvalue weighted by atomic mass is 15.5. The van der Waals surface area contributed by atoms with E-state index in [1.807, 2.05) is 0 Å². The van der Waals surface area contributed by atoms with Crippen LogP contribution in [0.2, 0.25) is 0 Å². The highest BCUT2D eigenvalue weighted by Crippen LogP contribution is 2.20. The maximum atomic E-state index is 4.25. The lowest BCUT2D eigenvalue weighted by atomic mass is 9.98. The Balaban J connectivity index is 2.05. The van der Waals surface area contributed by atoms with Gasteiger partial charge in [-0.2, -0.15) is 15.0 Å². The smallest absolute Gasteiger partial charge is 0.0892 e. The number of hydrogen-bond donors (Lipinski definition) is 0. The van der Waals surface area contributed by atoms with Crippen LogP contribution in [0.15, 0.2) is 54.9 Å². The quantitative estimate of drug-likeness (QED) is 0.724. The van der Waals surface area contributed by atoms with E-state index >= 15 is 0 Å². The maximum Gasteiger partial charge on any atom is 0.0892 e. The van der Waals surface area contributed by atoms with E-state index in [0.717, 1.165) is 12.1 Å². The van der Waals surface area contributed by atoms with Crippen molar-refractivity contribution in [3.63, 3.8) is 0 Å². The molecule has 0 spiro atoms. The van der Waals surface area contributed by atoms with Crippen molar-refractivity contribution < 1.29 is 0 Å². The second-order valence-electron chi connectivity index (χ2n) is 5.05. The van der Waals surface area contributed by atoms with Crippen LogP contribution in [0, 0.1) is 13.8 Å². The van der Waals surface area contributed by atoms with Crippen LogP contribution in [-0.2, 0) is 6.42 Å². The Kier molecular flexibility index (Phi) is 3.33. The van der Waals surface area contributed by atoms with Gasteiger partial charge in [0, 0.05) is 0 Å². The molecule has 3 nitrogen and oxygen atoms in total. The molecular formula is C17H17N3. The number of rotatable bonds is 3. The summed E-state index contributed by atoms with van der Waals surface area (Å²) in [7, 11) is 0. The van der Waals surface area contributed by atoms with E-state index in [9.17, 15) is 0 Å². The summed E-state index contributed by atoms with van der Waals surface area (Å²) in [5, 5.41) is 8.49. The number of benzene rings is 2. The molecule has 0 saturated heterocycles. The summed E-state index contributed by atoms with van der Waals surface area (Å²) in [4.78, 5) is 1.69. The second kappa shape index (κ2) is 5.29. The van der Waals surface area contributed by atoms with Crippen molar-refractivity contribution in [3.8, 4) is 5.69 Å². The van der Waals surface area contributed by atoms with Gasteiger partial charge in [-0.25, -0.2) is 0 Å². The summed E-state index contributed by atoms with van der Waals surface area (Å²) in [6.45, 7) is 4.26. The minimum atomic E-state index is 0.894. The molecule has 0 aliphatic heterocycles. The van der Waals surface area contributed by atoms with E-state index < -0.39 is 0 Å². The minimum Gasteiger partial charge on any atom is -0.157 e. The van der Waals surface area contributed by atoms with E-state index in [2.05, 4.69) is 66.5 Å². The van der Waals surface area contributed by atoms with Gasteiger partial charge in [-0.1, -0.05) is 42.0 Å². The van der Waals surface area contributed by atoms with E-state index in [1.165, 1.54) is 22.3 Å². The first-order valence-corrected chi connectivity index (χ1v) is 6.75. The zero-order valence-corrected chi connectivity index (χ0v) is 11.7. The predicted molar refractivity (Wildman–Crippen MR) is 80.1 cm³/mol. The number of nitrogens with zero attached hydrogens (tertiary/aromatic N) is 3. The summed E-state index contributed by atoms with van der Waals surface area (Å²) in [6, 6.07) is 14.9. The molecule has 3 rings (SSSR count). The van der Waals surface area contributed by atoms with Crippen molar-refractivity contribution in [1.29, 1.82) is 0 Å². The summed E-state index contributed by atoms with van der Waals surface area (Å²) >= 11 is 0. The fourth-order valence-electron chi connectivity index (χ4n) is 2.40. The first kappa shape index (κ1) is 12.6. The average molecular weight is 263 g/mol. The second-order valence-corrected chi connectivity index (χ2v) is 5.05. The van der Waals surface area contributed by atoms with Crippen molar-refractivity contribution in [1.82, 2.24) is 15.0 Å². The van der Waals surface area contributed by atoms with E-state index in [-0.39, 0.29) is 0 Å². The monoisotopic (exact) mass is 263 g/mol. The highest BCUT2D eigenvalue weighted by Gasteiger charge is 2.08. The van der Waals surface area contributed by atoms with Crippen molar-refractivity contribution >= 4 is 0 Å². The standard InChI is InChI=1S/C17H17N3/c1-13-7-8-17(20-18-9-10-19-20)16(11-13)12-15-6-4-3-5-14(15)2/h3-11H,12H2,1-2H3. The Morgan fingerprint density at radius 2 is 1.65 bits per heavy atom. The zero-order chi connectivity index (χ0) is 13.9. The molecule has 100 valence electrons. The Labute approximate surface area is 118 Å². The summed E-state index contributed by atoms with van der Waals surface area (Å²) < 4.78 is 0. The lowest BCUT2D eigenvalue weighted by Gasteiger charge is -2.11. The molecule has 0 bridgehead atoms. The first-order chi connectivity index (χ1) is 9.74. The van der Waals surface area contributed by atoms with Gasteiger partial charge in [-0.3, -0.25) is 0 Å². The SMILES string of the molecule is Cc1ccc(-n2nccn2)c(Cc2ccccc2C)c1. The Morgan fingerprint density at radius 1 is 0.900 bits per heavy atom. The van der Waals surface area contributed by atoms with Gasteiger partial charge in [0.05, 0.1) is 18.1 Å². The van der Waals surface area contributed by atoms with Gasteiger partial charge in [0.1, 0.15) is 0 Å². The molecule has 20 heavy (non-hydrogen) atoms. The van der Waals surface area contributed by atoms with Crippen LogP contribution in [0.5, 0.6) is 0 Å². The van der Waals surface area contributed by atoms with Crippen LogP contribution >= 0.6 is 0 Å². The van der Waals surface area contributed by atoms with Gasteiger partial charge in [-0.05, 0) is 43.0 Å². The third-order valence-corrected chi connectivity index (χ3v) is 3.51. The van der Waals surface area contributed by atoms with Crippen LogP contribution in [0.3, 0.4) is 0 Å². The molecule has 2 aromatic carbocycles. The van der Waals surface area contributed by atoms with Crippen LogP contribution in [0.25, 0.3) is 5.69 Å². The number of aryl methyl sites for hydroxylation is 2. The molecule has 1 aromatic heterocycles. The predicted octanol–water partition coefficient (Wildman–Crippen LogP) is 3.47. The molecule has 3 heteroatoms. The molecule has 3 aromatic rings. The Hall–Kier alpha value is -2.42. The number of hydrogen-bond acceptors (Lipinski definition) is 2. The fourth-order valence-corrected chi connectivity index (χ4v) is 2.40. The largest absolute Gasteiger partial charge is 0.157 e. The third-order valence-electron chi connectivity index (χ3n) is 3.51. The summed E-state index contributed by atoms with van der Waals surface area (Å²) in [6.07, 6.45) is 4.31. The molecule has 0 fully saturated rings. The molecule has 0 N–H and O–H groups in total. The highest BCUT2D eigenvalue weighted by molar-refractivity contribution is 5.45. The fraction of sp³-hybridized carbons (Fsp3) is 0.176. The van der Waals surface area contributed by atoms with Gasteiger partial charge in [-0.15, -0.1) is 0 Å². The molecule has 0 radical (unpaired) electrons. The van der Waals surface area contributed by atoms with Gasteiger partial charge >= 0.3 is 0 Å². The summed E-state index contributed by atoms with van der Waals surface area (Å²) in [5.41, 5.74) is 6.20. The molecule has 0 aliphatic rings.